The van der Waals surface area contributed by atoms with Crippen molar-refractivity contribution in [2.45, 2.75) is 25.7 Å². The zero-order valence-electron chi connectivity index (χ0n) is 10.7. The van der Waals surface area contributed by atoms with Gasteiger partial charge in [-0.1, -0.05) is 25.0 Å². The molecule has 0 aliphatic heterocycles. The number of hydrogen-bond donors (Lipinski definition) is 2. The smallest absolute Gasteiger partial charge is 0.0853 e. The van der Waals surface area contributed by atoms with Gasteiger partial charge in [-0.15, -0.1) is 0 Å². The molecule has 1 rings (SSSR count). The Balaban J connectivity index is 2.15. The van der Waals surface area contributed by atoms with E-state index < -0.39 is 0 Å². The molecule has 0 aromatic heterocycles. The van der Waals surface area contributed by atoms with E-state index in [0.717, 1.165) is 24.5 Å². The summed E-state index contributed by atoms with van der Waals surface area (Å²) in [6.07, 6.45) is 5.04. The van der Waals surface area contributed by atoms with Gasteiger partial charge in [0.25, 0.3) is 0 Å². The Morgan fingerprint density at radius 3 is 2.47 bits per heavy atom. The fraction of sp³-hybridized carbons (Fsp3) is 0.500. The number of para-hydroxylation sites is 2. The Labute approximate surface area is 104 Å². The molecular formula is C14H23N3. The molecule has 0 spiro atoms. The quantitative estimate of drug-likeness (QED) is 0.507. The van der Waals surface area contributed by atoms with Gasteiger partial charge in [0.05, 0.1) is 11.4 Å². The number of nitrogens with zero attached hydrogens (tertiary/aromatic N) is 1. The van der Waals surface area contributed by atoms with Gasteiger partial charge in [0.1, 0.15) is 0 Å². The molecule has 0 atom stereocenters. The molecule has 3 heteroatoms. The summed E-state index contributed by atoms with van der Waals surface area (Å²) >= 11 is 0. The first kappa shape index (κ1) is 13.7. The van der Waals surface area contributed by atoms with E-state index in [4.69, 9.17) is 0 Å². The van der Waals surface area contributed by atoms with Crippen LogP contribution in [0, 0.1) is 0 Å². The van der Waals surface area contributed by atoms with Crippen molar-refractivity contribution in [3.05, 3.63) is 24.3 Å². The first-order chi connectivity index (χ1) is 8.38. The Morgan fingerprint density at radius 2 is 1.76 bits per heavy atom. The number of nitrogens with one attached hydrogen (secondary N) is 2. The largest absolute Gasteiger partial charge is 0.383 e. The predicted molar refractivity (Wildman–Crippen MR) is 76.5 cm³/mol. The molecule has 17 heavy (non-hydrogen) atoms. The van der Waals surface area contributed by atoms with Crippen LogP contribution in [-0.2, 0) is 0 Å². The van der Waals surface area contributed by atoms with Crippen molar-refractivity contribution in [2.24, 2.45) is 4.99 Å². The molecule has 2 N–H and O–H groups in total. The third-order valence-corrected chi connectivity index (χ3v) is 2.74. The third kappa shape index (κ3) is 5.50. The van der Waals surface area contributed by atoms with Gasteiger partial charge in [0.15, 0.2) is 0 Å². The fourth-order valence-electron chi connectivity index (χ4n) is 1.76. The highest BCUT2D eigenvalue weighted by Gasteiger charge is 1.97. The summed E-state index contributed by atoms with van der Waals surface area (Å²) in [5.74, 6) is 0. The summed E-state index contributed by atoms with van der Waals surface area (Å²) in [5, 5.41) is 6.57. The zero-order valence-corrected chi connectivity index (χ0v) is 10.7. The molecule has 0 heterocycles. The number of benzene rings is 1. The number of hydrogen-bond acceptors (Lipinski definition) is 3. The van der Waals surface area contributed by atoms with E-state index in [1.54, 1.807) is 0 Å². The van der Waals surface area contributed by atoms with Crippen LogP contribution in [0.2, 0.25) is 0 Å². The molecule has 0 saturated carbocycles. The molecule has 3 nitrogen and oxygen atoms in total. The number of anilines is 1. The summed E-state index contributed by atoms with van der Waals surface area (Å²) in [6.45, 7) is 5.70. The molecule has 0 amide bonds. The number of unbranched alkanes of at least 4 members (excludes halogenated alkanes) is 3. The summed E-state index contributed by atoms with van der Waals surface area (Å²) in [4.78, 5) is 3.99. The molecule has 0 aliphatic rings. The van der Waals surface area contributed by atoms with Crippen LogP contribution in [0.5, 0.6) is 0 Å². The number of rotatable bonds is 9. The average Bonchev–Trinajstić information content (AvgIpc) is 2.38. The second kappa shape index (κ2) is 8.76. The maximum atomic E-state index is 3.99. The van der Waals surface area contributed by atoms with Crippen LogP contribution in [-0.4, -0.2) is 26.9 Å². The Hall–Kier alpha value is -1.35. The highest BCUT2D eigenvalue weighted by atomic mass is 14.9. The van der Waals surface area contributed by atoms with Crippen LogP contribution in [0.25, 0.3) is 0 Å². The predicted octanol–water partition coefficient (Wildman–Crippen LogP) is 3.21. The maximum Gasteiger partial charge on any atom is 0.0853 e. The van der Waals surface area contributed by atoms with E-state index in [0.29, 0.717) is 0 Å². The second-order valence-corrected chi connectivity index (χ2v) is 4.12. The highest BCUT2D eigenvalue weighted by Crippen LogP contribution is 2.23. The topological polar surface area (TPSA) is 36.4 Å². The molecule has 0 saturated heterocycles. The van der Waals surface area contributed by atoms with Crippen molar-refractivity contribution in [2.75, 3.05) is 25.5 Å². The molecule has 1 aromatic rings. The molecule has 0 aliphatic carbocycles. The van der Waals surface area contributed by atoms with Crippen molar-refractivity contribution in [1.29, 1.82) is 0 Å². The van der Waals surface area contributed by atoms with Gasteiger partial charge in [0, 0.05) is 6.54 Å². The van der Waals surface area contributed by atoms with Crippen LogP contribution in [0.1, 0.15) is 25.7 Å². The molecule has 1 aromatic carbocycles. The minimum absolute atomic E-state index is 0.933. The van der Waals surface area contributed by atoms with Crippen LogP contribution < -0.4 is 10.6 Å². The molecule has 0 radical (unpaired) electrons. The van der Waals surface area contributed by atoms with Gasteiger partial charge in [-0.25, -0.2) is 0 Å². The lowest BCUT2D eigenvalue weighted by molar-refractivity contribution is 0.626. The monoisotopic (exact) mass is 233 g/mol. The van der Waals surface area contributed by atoms with Gasteiger partial charge in [0.2, 0.25) is 0 Å². The highest BCUT2D eigenvalue weighted by molar-refractivity contribution is 5.67. The van der Waals surface area contributed by atoms with Crippen molar-refractivity contribution in [1.82, 2.24) is 5.32 Å². The van der Waals surface area contributed by atoms with Crippen LogP contribution in [0.4, 0.5) is 11.4 Å². The van der Waals surface area contributed by atoms with Crippen molar-refractivity contribution >= 4 is 18.1 Å². The van der Waals surface area contributed by atoms with Gasteiger partial charge in [-0.2, -0.15) is 0 Å². The molecule has 0 fully saturated rings. The van der Waals surface area contributed by atoms with Crippen LogP contribution in [0.3, 0.4) is 0 Å². The second-order valence-electron chi connectivity index (χ2n) is 4.12. The minimum atomic E-state index is 0.933. The summed E-state index contributed by atoms with van der Waals surface area (Å²) in [5.41, 5.74) is 2.01. The molecular weight excluding hydrogens is 210 g/mol. The lowest BCUT2D eigenvalue weighted by Gasteiger charge is -2.08. The SMILES string of the molecule is C=Nc1ccccc1NCCCCCCNC. The Bertz CT molecular complexity index is 323. The number of aliphatic imine (C=N–C) groups is 1. The Morgan fingerprint density at radius 1 is 1.06 bits per heavy atom. The normalized spacial score (nSPS) is 10.2. The average molecular weight is 233 g/mol. The molecule has 94 valence electrons. The van der Waals surface area contributed by atoms with Gasteiger partial charge < -0.3 is 10.6 Å². The lowest BCUT2D eigenvalue weighted by atomic mass is 10.2. The van der Waals surface area contributed by atoms with E-state index >= 15 is 0 Å². The third-order valence-electron chi connectivity index (χ3n) is 2.74. The van der Waals surface area contributed by atoms with Gasteiger partial charge in [-0.05, 0) is 45.3 Å². The summed E-state index contributed by atoms with van der Waals surface area (Å²) in [6, 6.07) is 8.02. The van der Waals surface area contributed by atoms with E-state index in [1.807, 2.05) is 31.3 Å². The maximum absolute atomic E-state index is 3.99. The Kier molecular flexibility index (Phi) is 7.07. The molecule has 0 bridgehead atoms. The summed E-state index contributed by atoms with van der Waals surface area (Å²) < 4.78 is 0. The first-order valence-electron chi connectivity index (χ1n) is 6.32. The fourth-order valence-corrected chi connectivity index (χ4v) is 1.76. The van der Waals surface area contributed by atoms with Crippen molar-refractivity contribution < 1.29 is 0 Å². The van der Waals surface area contributed by atoms with E-state index in [1.165, 1.54) is 25.7 Å². The van der Waals surface area contributed by atoms with E-state index in [-0.39, 0.29) is 0 Å². The first-order valence-corrected chi connectivity index (χ1v) is 6.32. The minimum Gasteiger partial charge on any atom is -0.383 e. The van der Waals surface area contributed by atoms with Crippen LogP contribution in [0.15, 0.2) is 29.3 Å². The van der Waals surface area contributed by atoms with E-state index in [2.05, 4.69) is 22.3 Å². The van der Waals surface area contributed by atoms with Crippen molar-refractivity contribution in [3.8, 4) is 0 Å². The van der Waals surface area contributed by atoms with Gasteiger partial charge >= 0.3 is 0 Å². The lowest BCUT2D eigenvalue weighted by Crippen LogP contribution is -2.07. The van der Waals surface area contributed by atoms with Gasteiger partial charge in [-0.3, -0.25) is 4.99 Å². The molecule has 0 unspecified atom stereocenters. The van der Waals surface area contributed by atoms with Crippen LogP contribution >= 0.6 is 0 Å². The van der Waals surface area contributed by atoms with E-state index in [9.17, 15) is 0 Å². The summed E-state index contributed by atoms with van der Waals surface area (Å²) in [7, 11) is 2.00. The van der Waals surface area contributed by atoms with Crippen molar-refractivity contribution in [3.63, 3.8) is 0 Å². The zero-order chi connectivity index (χ0) is 12.3. The standard InChI is InChI=1S/C14H23N3/c1-15-11-7-3-4-8-12-17-14-10-6-5-9-13(14)16-2/h5-6,9-10,15,17H,2-4,7-8,11-12H2,1H3.